The number of nitrogens with one attached hydrogen (secondary N) is 1. The maximum Gasteiger partial charge on any atom is 0.266 e. The van der Waals surface area contributed by atoms with Gasteiger partial charge < -0.3 is 14.8 Å². The Hall–Kier alpha value is -3.82. The van der Waals surface area contributed by atoms with E-state index < -0.39 is 5.91 Å². The van der Waals surface area contributed by atoms with E-state index in [0.717, 1.165) is 27.8 Å². The van der Waals surface area contributed by atoms with Crippen LogP contribution >= 0.6 is 15.9 Å². The largest absolute Gasteiger partial charge is 0.490 e. The van der Waals surface area contributed by atoms with Crippen LogP contribution in [0.3, 0.4) is 0 Å². The Morgan fingerprint density at radius 3 is 2.47 bits per heavy atom. The molecule has 0 aromatic heterocycles. The molecule has 34 heavy (non-hydrogen) atoms. The molecule has 0 bridgehead atoms. The molecule has 1 amide bonds. The third-order valence-corrected chi connectivity index (χ3v) is 5.37. The first-order valence-electron chi connectivity index (χ1n) is 10.7. The van der Waals surface area contributed by atoms with E-state index in [1.54, 1.807) is 24.3 Å². The van der Waals surface area contributed by atoms with Crippen LogP contribution in [0.1, 0.15) is 16.7 Å². The summed E-state index contributed by atoms with van der Waals surface area (Å²) in [5.41, 5.74) is 3.34. The third kappa shape index (κ3) is 7.09. The van der Waals surface area contributed by atoms with Gasteiger partial charge in [-0.3, -0.25) is 4.79 Å². The standard InChI is InChI=1S/C28H25BrN2O3/c1-3-6-21-7-4-5-8-26(21)33-15-16-34-27-14-11-24(29)18-22(27)17-23(19-30)28(32)31-25-12-9-20(2)10-13-25/h3-5,7-14,17-18H,1,6,15-16H2,2H3,(H,31,32). The van der Waals surface area contributed by atoms with Crippen molar-refractivity contribution >= 4 is 33.6 Å². The minimum atomic E-state index is -0.487. The van der Waals surface area contributed by atoms with Crippen molar-refractivity contribution in [2.24, 2.45) is 0 Å². The molecule has 6 heteroatoms. The Labute approximate surface area is 208 Å². The summed E-state index contributed by atoms with van der Waals surface area (Å²) in [6.45, 7) is 6.38. The van der Waals surface area contributed by atoms with Crippen LogP contribution in [0.15, 0.2) is 89.4 Å². The van der Waals surface area contributed by atoms with E-state index >= 15 is 0 Å². The lowest BCUT2D eigenvalue weighted by molar-refractivity contribution is -0.112. The number of amides is 1. The van der Waals surface area contributed by atoms with Gasteiger partial charge in [0.2, 0.25) is 0 Å². The molecule has 3 aromatic rings. The molecule has 0 aliphatic carbocycles. The zero-order valence-electron chi connectivity index (χ0n) is 18.9. The lowest BCUT2D eigenvalue weighted by Crippen LogP contribution is -2.13. The first kappa shape index (κ1) is 24.8. The van der Waals surface area contributed by atoms with E-state index in [-0.39, 0.29) is 5.57 Å². The molecule has 0 saturated carbocycles. The Bertz CT molecular complexity index is 1230. The number of benzene rings is 3. The molecule has 3 aromatic carbocycles. The summed E-state index contributed by atoms with van der Waals surface area (Å²) in [7, 11) is 0. The second kappa shape index (κ2) is 12.4. The smallest absolute Gasteiger partial charge is 0.266 e. The number of anilines is 1. The van der Waals surface area contributed by atoms with Crippen LogP contribution in [0.25, 0.3) is 6.08 Å². The lowest BCUT2D eigenvalue weighted by atomic mass is 10.1. The van der Waals surface area contributed by atoms with Gasteiger partial charge in [-0.25, -0.2) is 0 Å². The van der Waals surface area contributed by atoms with Gasteiger partial charge in [0.05, 0.1) is 0 Å². The van der Waals surface area contributed by atoms with E-state index in [2.05, 4.69) is 27.8 Å². The fraction of sp³-hybridized carbons (Fsp3) is 0.143. The molecule has 0 unspecified atom stereocenters. The molecule has 5 nitrogen and oxygen atoms in total. The predicted octanol–water partition coefficient (Wildman–Crippen LogP) is 6.49. The molecule has 0 radical (unpaired) electrons. The van der Waals surface area contributed by atoms with Gasteiger partial charge in [0.25, 0.3) is 5.91 Å². The molecular formula is C28H25BrN2O3. The lowest BCUT2D eigenvalue weighted by Gasteiger charge is -2.13. The minimum Gasteiger partial charge on any atom is -0.490 e. The van der Waals surface area contributed by atoms with E-state index in [9.17, 15) is 10.1 Å². The molecule has 0 fully saturated rings. The second-order valence-electron chi connectivity index (χ2n) is 7.47. The van der Waals surface area contributed by atoms with E-state index in [4.69, 9.17) is 9.47 Å². The summed E-state index contributed by atoms with van der Waals surface area (Å²) >= 11 is 3.44. The van der Waals surface area contributed by atoms with Crippen LogP contribution in [-0.2, 0) is 11.2 Å². The van der Waals surface area contributed by atoms with E-state index in [1.165, 1.54) is 6.08 Å². The number of nitriles is 1. The van der Waals surface area contributed by atoms with Crippen molar-refractivity contribution in [1.82, 2.24) is 0 Å². The first-order chi connectivity index (χ1) is 16.5. The average molecular weight is 517 g/mol. The van der Waals surface area contributed by atoms with Gasteiger partial charge in [0, 0.05) is 15.7 Å². The number of rotatable bonds is 10. The number of aryl methyl sites for hydroxylation is 1. The predicted molar refractivity (Wildman–Crippen MR) is 139 cm³/mol. The van der Waals surface area contributed by atoms with Crippen LogP contribution in [0.4, 0.5) is 5.69 Å². The summed E-state index contributed by atoms with van der Waals surface area (Å²) in [4.78, 5) is 12.7. The number of hydrogen-bond donors (Lipinski definition) is 1. The van der Waals surface area contributed by atoms with Gasteiger partial charge in [-0.15, -0.1) is 6.58 Å². The Morgan fingerprint density at radius 2 is 1.76 bits per heavy atom. The SMILES string of the molecule is C=CCc1ccccc1OCCOc1ccc(Br)cc1C=C(C#N)C(=O)Nc1ccc(C)cc1. The van der Waals surface area contributed by atoms with E-state index in [1.807, 2.05) is 61.5 Å². The molecule has 0 spiro atoms. The number of carbonyl (C=O) groups excluding carboxylic acids is 1. The fourth-order valence-electron chi connectivity index (χ4n) is 3.18. The van der Waals surface area contributed by atoms with Crippen molar-refractivity contribution in [3.63, 3.8) is 0 Å². The Morgan fingerprint density at radius 1 is 1.06 bits per heavy atom. The van der Waals surface area contributed by atoms with Gasteiger partial charge in [-0.2, -0.15) is 5.26 Å². The Kier molecular flexibility index (Phi) is 9.07. The normalized spacial score (nSPS) is 10.8. The van der Waals surface area contributed by atoms with Gasteiger partial charge in [0.15, 0.2) is 0 Å². The highest BCUT2D eigenvalue weighted by Gasteiger charge is 2.12. The Balaban J connectivity index is 1.69. The highest BCUT2D eigenvalue weighted by atomic mass is 79.9. The van der Waals surface area contributed by atoms with Crippen molar-refractivity contribution in [2.45, 2.75) is 13.3 Å². The number of halogens is 1. The number of para-hydroxylation sites is 1. The minimum absolute atomic E-state index is 0.0295. The summed E-state index contributed by atoms with van der Waals surface area (Å²) < 4.78 is 12.6. The van der Waals surface area contributed by atoms with Gasteiger partial charge in [-0.1, -0.05) is 57.9 Å². The van der Waals surface area contributed by atoms with Gasteiger partial charge >= 0.3 is 0 Å². The summed E-state index contributed by atoms with van der Waals surface area (Å²) in [5, 5.41) is 12.3. The van der Waals surface area contributed by atoms with Crippen LogP contribution in [0.2, 0.25) is 0 Å². The fourth-order valence-corrected chi connectivity index (χ4v) is 3.55. The van der Waals surface area contributed by atoms with Crippen molar-refractivity contribution in [3.05, 3.63) is 106 Å². The van der Waals surface area contributed by atoms with Gasteiger partial charge in [-0.05, 0) is 61.4 Å². The number of carbonyl (C=O) groups is 1. The van der Waals surface area contributed by atoms with Crippen LogP contribution < -0.4 is 14.8 Å². The highest BCUT2D eigenvalue weighted by Crippen LogP contribution is 2.26. The molecule has 1 N–H and O–H groups in total. The zero-order chi connectivity index (χ0) is 24.3. The molecule has 0 atom stereocenters. The maximum atomic E-state index is 12.7. The van der Waals surface area contributed by atoms with E-state index in [0.29, 0.717) is 30.2 Å². The number of hydrogen-bond acceptors (Lipinski definition) is 4. The molecule has 0 aliphatic heterocycles. The molecule has 172 valence electrons. The highest BCUT2D eigenvalue weighted by molar-refractivity contribution is 9.10. The molecule has 0 heterocycles. The molecular weight excluding hydrogens is 492 g/mol. The monoisotopic (exact) mass is 516 g/mol. The van der Waals surface area contributed by atoms with Crippen molar-refractivity contribution in [1.29, 1.82) is 5.26 Å². The van der Waals surface area contributed by atoms with Crippen molar-refractivity contribution in [2.75, 3.05) is 18.5 Å². The van der Waals surface area contributed by atoms with Crippen LogP contribution in [0.5, 0.6) is 11.5 Å². The maximum absolute atomic E-state index is 12.7. The molecule has 0 aliphatic rings. The number of ether oxygens (including phenoxy) is 2. The average Bonchev–Trinajstić information content (AvgIpc) is 2.83. The molecule has 0 saturated heterocycles. The van der Waals surface area contributed by atoms with Crippen LogP contribution in [-0.4, -0.2) is 19.1 Å². The topological polar surface area (TPSA) is 71.3 Å². The second-order valence-corrected chi connectivity index (χ2v) is 8.39. The third-order valence-electron chi connectivity index (χ3n) is 4.88. The quantitative estimate of drug-likeness (QED) is 0.144. The van der Waals surface area contributed by atoms with Crippen LogP contribution in [0, 0.1) is 18.3 Å². The molecule has 3 rings (SSSR count). The first-order valence-corrected chi connectivity index (χ1v) is 11.5. The van der Waals surface area contributed by atoms with Crippen molar-refractivity contribution < 1.29 is 14.3 Å². The van der Waals surface area contributed by atoms with Gasteiger partial charge in [0.1, 0.15) is 36.4 Å². The summed E-state index contributed by atoms with van der Waals surface area (Å²) in [5.74, 6) is 0.850. The van der Waals surface area contributed by atoms with Crippen molar-refractivity contribution in [3.8, 4) is 17.6 Å². The summed E-state index contributed by atoms with van der Waals surface area (Å²) in [6.07, 6.45) is 4.07. The zero-order valence-corrected chi connectivity index (χ0v) is 20.5. The number of nitrogens with zero attached hydrogens (tertiary/aromatic N) is 1. The summed E-state index contributed by atoms with van der Waals surface area (Å²) in [6, 6.07) is 22.6. The number of allylic oxidation sites excluding steroid dienone is 1.